The van der Waals surface area contributed by atoms with E-state index >= 15 is 0 Å². The zero-order chi connectivity index (χ0) is 26.3. The Labute approximate surface area is 215 Å². The Morgan fingerprint density at radius 1 is 0.892 bits per heavy atom. The number of hydrogen-bond acceptors (Lipinski definition) is 6. The smallest absolute Gasteiger partial charge is 0.269 e. The van der Waals surface area contributed by atoms with E-state index in [9.17, 15) is 18.0 Å². The first-order valence-electron chi connectivity index (χ1n) is 11.7. The van der Waals surface area contributed by atoms with Gasteiger partial charge in [-0.3, -0.25) is 19.6 Å². The average molecular weight is 518 g/mol. The number of nitrogens with zero attached hydrogens (tertiary/aromatic N) is 2. The van der Waals surface area contributed by atoms with E-state index in [1.54, 1.807) is 56.0 Å². The molecule has 0 saturated heterocycles. The molecule has 0 bridgehead atoms. The SMILES string of the molecule is CNC(=O)c1ccc(-c2ccc(CCC(=O)NCCNS(=O)(=O)c3cccc4cnccc34)cc2)cn1. The molecular weight excluding hydrogens is 490 g/mol. The van der Waals surface area contributed by atoms with Crippen LogP contribution in [0.25, 0.3) is 21.9 Å². The van der Waals surface area contributed by atoms with Gasteiger partial charge in [-0.25, -0.2) is 13.1 Å². The Morgan fingerprint density at radius 2 is 1.68 bits per heavy atom. The van der Waals surface area contributed by atoms with Crippen LogP contribution in [0.1, 0.15) is 22.5 Å². The highest BCUT2D eigenvalue weighted by Crippen LogP contribution is 2.22. The van der Waals surface area contributed by atoms with E-state index in [0.717, 1.165) is 22.1 Å². The fraction of sp³-hybridized carbons (Fsp3) is 0.185. The molecule has 0 aliphatic carbocycles. The molecule has 2 aromatic heterocycles. The van der Waals surface area contributed by atoms with Gasteiger partial charge in [0.1, 0.15) is 5.69 Å². The fourth-order valence-corrected chi connectivity index (χ4v) is 5.09. The predicted octanol–water partition coefficient (Wildman–Crippen LogP) is 2.68. The second-order valence-electron chi connectivity index (χ2n) is 8.31. The molecule has 2 amide bonds. The van der Waals surface area contributed by atoms with Crippen molar-refractivity contribution in [3.63, 3.8) is 0 Å². The van der Waals surface area contributed by atoms with E-state index in [1.807, 2.05) is 30.3 Å². The van der Waals surface area contributed by atoms with E-state index in [0.29, 0.717) is 17.5 Å². The number of fused-ring (bicyclic) bond motifs is 1. The summed E-state index contributed by atoms with van der Waals surface area (Å²) in [5.74, 6) is -0.395. The first kappa shape index (κ1) is 25.9. The molecule has 0 radical (unpaired) electrons. The third-order valence-corrected chi connectivity index (χ3v) is 7.34. The van der Waals surface area contributed by atoms with Gasteiger partial charge in [0.25, 0.3) is 5.91 Å². The van der Waals surface area contributed by atoms with Crippen molar-refractivity contribution in [1.82, 2.24) is 25.3 Å². The lowest BCUT2D eigenvalue weighted by Crippen LogP contribution is -2.34. The van der Waals surface area contributed by atoms with Crippen molar-refractivity contribution in [2.45, 2.75) is 17.7 Å². The topological polar surface area (TPSA) is 130 Å². The third kappa shape index (κ3) is 6.54. The van der Waals surface area contributed by atoms with Gasteiger partial charge in [0.2, 0.25) is 15.9 Å². The van der Waals surface area contributed by atoms with Crippen molar-refractivity contribution in [3.05, 3.63) is 90.5 Å². The van der Waals surface area contributed by atoms with Gasteiger partial charge < -0.3 is 10.6 Å². The Bertz CT molecular complexity index is 1500. The van der Waals surface area contributed by atoms with Crippen LogP contribution in [0.3, 0.4) is 0 Å². The van der Waals surface area contributed by atoms with E-state index in [4.69, 9.17) is 0 Å². The number of amides is 2. The van der Waals surface area contributed by atoms with Crippen LogP contribution < -0.4 is 15.4 Å². The minimum absolute atomic E-state index is 0.0803. The van der Waals surface area contributed by atoms with Crippen molar-refractivity contribution in [3.8, 4) is 11.1 Å². The molecule has 9 nitrogen and oxygen atoms in total. The molecule has 0 aliphatic heterocycles. The monoisotopic (exact) mass is 517 g/mol. The maximum Gasteiger partial charge on any atom is 0.269 e. The number of carbonyl (C=O) groups is 2. The Kier molecular flexibility index (Phi) is 8.22. The lowest BCUT2D eigenvalue weighted by Gasteiger charge is -2.10. The molecular formula is C27H27N5O4S. The van der Waals surface area contributed by atoms with E-state index in [2.05, 4.69) is 25.3 Å². The normalized spacial score (nSPS) is 11.3. The molecule has 0 fully saturated rings. The molecule has 2 heterocycles. The van der Waals surface area contributed by atoms with Gasteiger partial charge in [0.05, 0.1) is 4.90 Å². The largest absolute Gasteiger partial charge is 0.355 e. The number of pyridine rings is 2. The van der Waals surface area contributed by atoms with Gasteiger partial charge in [0.15, 0.2) is 0 Å². The summed E-state index contributed by atoms with van der Waals surface area (Å²) in [6.45, 7) is 0.263. The zero-order valence-electron chi connectivity index (χ0n) is 20.3. The molecule has 0 unspecified atom stereocenters. The number of benzene rings is 2. The molecule has 3 N–H and O–H groups in total. The number of sulfonamides is 1. The minimum atomic E-state index is -3.73. The molecule has 37 heavy (non-hydrogen) atoms. The van der Waals surface area contributed by atoms with Crippen LogP contribution in [-0.2, 0) is 21.2 Å². The molecule has 4 aromatic rings. The average Bonchev–Trinajstić information content (AvgIpc) is 2.94. The van der Waals surface area contributed by atoms with Crippen LogP contribution in [-0.4, -0.2) is 50.3 Å². The van der Waals surface area contributed by atoms with Crippen molar-refractivity contribution in [2.24, 2.45) is 0 Å². The number of nitrogens with one attached hydrogen (secondary N) is 3. The zero-order valence-corrected chi connectivity index (χ0v) is 21.1. The van der Waals surface area contributed by atoms with Crippen LogP contribution in [0.15, 0.2) is 84.1 Å². The summed E-state index contributed by atoms with van der Waals surface area (Å²) >= 11 is 0. The van der Waals surface area contributed by atoms with Crippen LogP contribution >= 0.6 is 0 Å². The van der Waals surface area contributed by atoms with Crippen molar-refractivity contribution < 1.29 is 18.0 Å². The summed E-state index contributed by atoms with van der Waals surface area (Å²) in [6.07, 6.45) is 5.66. The highest BCUT2D eigenvalue weighted by molar-refractivity contribution is 7.89. The number of carbonyl (C=O) groups excluding carboxylic acids is 2. The molecule has 2 aromatic carbocycles. The molecule has 4 rings (SSSR count). The standard InChI is InChI=1S/C27H27N5O4S/c1-28-27(34)24-11-10-21(18-31-24)20-8-5-19(6-9-20)7-12-26(33)30-15-16-32-37(35,36)25-4-2-3-22-17-29-14-13-23(22)25/h2-6,8-11,13-14,17-18,32H,7,12,15-16H2,1H3,(H,28,34)(H,30,33). The van der Waals surface area contributed by atoms with Crippen LogP contribution in [0, 0.1) is 0 Å². The summed E-state index contributed by atoms with van der Waals surface area (Å²) in [6, 6.07) is 18.0. The van der Waals surface area contributed by atoms with E-state index in [-0.39, 0.29) is 36.2 Å². The maximum absolute atomic E-state index is 12.7. The molecule has 10 heteroatoms. The number of aromatic nitrogens is 2. The number of rotatable bonds is 10. The number of hydrogen-bond donors (Lipinski definition) is 3. The first-order chi connectivity index (χ1) is 17.9. The molecule has 0 aliphatic rings. The Morgan fingerprint density at radius 3 is 2.41 bits per heavy atom. The van der Waals surface area contributed by atoms with Crippen LogP contribution in [0.2, 0.25) is 0 Å². The lowest BCUT2D eigenvalue weighted by molar-refractivity contribution is -0.121. The predicted molar refractivity (Wildman–Crippen MR) is 141 cm³/mol. The summed E-state index contributed by atoms with van der Waals surface area (Å²) < 4.78 is 28.0. The third-order valence-electron chi connectivity index (χ3n) is 5.82. The van der Waals surface area contributed by atoms with Crippen molar-refractivity contribution in [2.75, 3.05) is 20.1 Å². The Balaban J connectivity index is 1.23. The summed E-state index contributed by atoms with van der Waals surface area (Å²) in [7, 11) is -2.17. The summed E-state index contributed by atoms with van der Waals surface area (Å²) in [5.41, 5.74) is 3.20. The fourth-order valence-electron chi connectivity index (χ4n) is 3.83. The highest BCUT2D eigenvalue weighted by Gasteiger charge is 2.16. The van der Waals surface area contributed by atoms with Gasteiger partial charge in [-0.15, -0.1) is 0 Å². The second kappa shape index (κ2) is 11.7. The highest BCUT2D eigenvalue weighted by atomic mass is 32.2. The van der Waals surface area contributed by atoms with Gasteiger partial charge in [-0.05, 0) is 35.7 Å². The van der Waals surface area contributed by atoms with Crippen molar-refractivity contribution >= 4 is 32.6 Å². The van der Waals surface area contributed by atoms with Gasteiger partial charge in [-0.2, -0.15) is 0 Å². The first-order valence-corrected chi connectivity index (χ1v) is 13.2. The summed E-state index contributed by atoms with van der Waals surface area (Å²) in [4.78, 5) is 32.3. The van der Waals surface area contributed by atoms with Gasteiger partial charge in [-0.1, -0.05) is 42.5 Å². The van der Waals surface area contributed by atoms with Crippen LogP contribution in [0.5, 0.6) is 0 Å². The lowest BCUT2D eigenvalue weighted by atomic mass is 10.0. The van der Waals surface area contributed by atoms with E-state index < -0.39 is 10.0 Å². The summed E-state index contributed by atoms with van der Waals surface area (Å²) in [5, 5.41) is 6.63. The number of aryl methyl sites for hydroxylation is 1. The van der Waals surface area contributed by atoms with Gasteiger partial charge in [0, 0.05) is 61.5 Å². The van der Waals surface area contributed by atoms with Gasteiger partial charge >= 0.3 is 0 Å². The Hall–Kier alpha value is -4.15. The minimum Gasteiger partial charge on any atom is -0.355 e. The van der Waals surface area contributed by atoms with Crippen molar-refractivity contribution in [1.29, 1.82) is 0 Å². The second-order valence-corrected chi connectivity index (χ2v) is 10.0. The van der Waals surface area contributed by atoms with E-state index in [1.165, 1.54) is 0 Å². The molecule has 190 valence electrons. The molecule has 0 spiro atoms. The molecule has 0 atom stereocenters. The molecule has 0 saturated carbocycles. The quantitative estimate of drug-likeness (QED) is 0.277. The maximum atomic E-state index is 12.7. The van der Waals surface area contributed by atoms with Crippen LogP contribution in [0.4, 0.5) is 0 Å².